The van der Waals surface area contributed by atoms with Crippen LogP contribution in [-0.4, -0.2) is 16.0 Å². The Kier molecular flexibility index (Phi) is 6.65. The maximum Gasteiger partial charge on any atom is 0.267 e. The second kappa shape index (κ2) is 10.2. The summed E-state index contributed by atoms with van der Waals surface area (Å²) in [6.45, 7) is 0.970. The number of rotatable bonds is 6. The lowest BCUT2D eigenvalue weighted by Gasteiger charge is -2.15. The molecule has 1 saturated heterocycles. The Hall–Kier alpha value is -3.54. The van der Waals surface area contributed by atoms with Crippen LogP contribution in [0, 0.1) is 0 Å². The van der Waals surface area contributed by atoms with Crippen molar-refractivity contribution in [2.75, 3.05) is 0 Å². The molecule has 1 amide bonds. The number of amidine groups is 1. The van der Waals surface area contributed by atoms with Crippen LogP contribution < -0.4 is 0 Å². The Bertz CT molecular complexity index is 1360. The molecular weight excluding hydrogens is 464 g/mol. The molecule has 1 fully saturated rings. The van der Waals surface area contributed by atoms with Crippen LogP contribution in [0.4, 0.5) is 0 Å². The fourth-order valence-corrected chi connectivity index (χ4v) is 4.78. The predicted molar refractivity (Wildman–Crippen MR) is 139 cm³/mol. The minimum atomic E-state index is -0.0821. The second-order valence-corrected chi connectivity index (χ2v) is 9.23. The number of carbonyl (C=O) groups excluding carboxylic acids is 1. The average molecular weight is 485 g/mol. The zero-order chi connectivity index (χ0) is 23.3. The number of hydrogen-bond donors (Lipinski definition) is 0. The minimum absolute atomic E-state index is 0.0821. The third kappa shape index (κ3) is 5.16. The van der Waals surface area contributed by atoms with Crippen molar-refractivity contribution in [2.24, 2.45) is 4.99 Å². The lowest BCUT2D eigenvalue weighted by molar-refractivity contribution is -0.122. The lowest BCUT2D eigenvalue weighted by Crippen LogP contribution is -2.28. The molecule has 0 radical (unpaired) electrons. The van der Waals surface area contributed by atoms with Gasteiger partial charge in [-0.05, 0) is 47.2 Å². The second-order valence-electron chi connectivity index (χ2n) is 7.78. The van der Waals surface area contributed by atoms with Gasteiger partial charge in [-0.1, -0.05) is 84.4 Å². The van der Waals surface area contributed by atoms with Crippen molar-refractivity contribution in [2.45, 2.75) is 13.1 Å². The molecule has 3 aromatic carbocycles. The highest BCUT2D eigenvalue weighted by Gasteiger charge is 2.33. The van der Waals surface area contributed by atoms with Crippen molar-refractivity contribution in [3.63, 3.8) is 0 Å². The first-order valence-corrected chi connectivity index (χ1v) is 12.0. The van der Waals surface area contributed by atoms with Crippen molar-refractivity contribution >= 4 is 40.5 Å². The Labute approximate surface area is 207 Å². The van der Waals surface area contributed by atoms with E-state index in [2.05, 4.69) is 0 Å². The molecule has 1 aromatic heterocycles. The SMILES string of the molecule is O=C1/C(=C/c2ccc(-c3cccc(Cl)c3)o2)SC(=NCc2ccccc2)N1Cc1ccccc1. The van der Waals surface area contributed by atoms with E-state index in [-0.39, 0.29) is 5.91 Å². The van der Waals surface area contributed by atoms with E-state index in [4.69, 9.17) is 21.0 Å². The highest BCUT2D eigenvalue weighted by molar-refractivity contribution is 8.18. The van der Waals surface area contributed by atoms with Gasteiger partial charge < -0.3 is 4.42 Å². The largest absolute Gasteiger partial charge is 0.457 e. The van der Waals surface area contributed by atoms with Crippen LogP contribution in [-0.2, 0) is 17.9 Å². The summed E-state index contributed by atoms with van der Waals surface area (Å²) >= 11 is 7.48. The van der Waals surface area contributed by atoms with E-state index in [1.807, 2.05) is 97.1 Å². The van der Waals surface area contributed by atoms with Crippen molar-refractivity contribution < 1.29 is 9.21 Å². The Balaban J connectivity index is 1.42. The smallest absolute Gasteiger partial charge is 0.267 e. The molecule has 2 heterocycles. The van der Waals surface area contributed by atoms with Gasteiger partial charge in [-0.2, -0.15) is 0 Å². The van der Waals surface area contributed by atoms with Crippen molar-refractivity contribution in [3.8, 4) is 11.3 Å². The van der Waals surface area contributed by atoms with Crippen LogP contribution >= 0.6 is 23.4 Å². The maximum absolute atomic E-state index is 13.4. The van der Waals surface area contributed by atoms with Crippen molar-refractivity contribution in [1.82, 2.24) is 4.90 Å². The van der Waals surface area contributed by atoms with Gasteiger partial charge in [0.15, 0.2) is 5.17 Å². The summed E-state index contributed by atoms with van der Waals surface area (Å²) in [4.78, 5) is 20.4. The molecule has 0 atom stereocenters. The van der Waals surface area contributed by atoms with E-state index in [1.165, 1.54) is 11.8 Å². The minimum Gasteiger partial charge on any atom is -0.457 e. The van der Waals surface area contributed by atoms with Gasteiger partial charge in [-0.3, -0.25) is 14.7 Å². The third-order valence-corrected chi connectivity index (χ3v) is 6.60. The van der Waals surface area contributed by atoms with Gasteiger partial charge in [0.25, 0.3) is 5.91 Å². The summed E-state index contributed by atoms with van der Waals surface area (Å²) < 4.78 is 5.99. The van der Waals surface area contributed by atoms with Crippen molar-refractivity contribution in [3.05, 3.63) is 124 Å². The van der Waals surface area contributed by atoms with Gasteiger partial charge >= 0.3 is 0 Å². The summed E-state index contributed by atoms with van der Waals surface area (Å²) in [5, 5.41) is 1.33. The molecular formula is C28H21ClN2O2S. The van der Waals surface area contributed by atoms with Gasteiger partial charge in [-0.25, -0.2) is 0 Å². The molecule has 0 aliphatic carbocycles. The Morgan fingerprint density at radius 1 is 0.882 bits per heavy atom. The monoisotopic (exact) mass is 484 g/mol. The maximum atomic E-state index is 13.4. The van der Waals surface area contributed by atoms with Gasteiger partial charge in [-0.15, -0.1) is 0 Å². The Morgan fingerprint density at radius 2 is 1.62 bits per heavy atom. The number of carbonyl (C=O) groups is 1. The number of furan rings is 1. The van der Waals surface area contributed by atoms with Gasteiger partial charge in [0.05, 0.1) is 18.0 Å². The fraction of sp³-hybridized carbons (Fsp3) is 0.0714. The average Bonchev–Trinajstić information content (AvgIpc) is 3.45. The number of halogens is 1. The van der Waals surface area contributed by atoms with E-state index >= 15 is 0 Å². The molecule has 1 aliphatic rings. The van der Waals surface area contributed by atoms with E-state index < -0.39 is 0 Å². The zero-order valence-electron chi connectivity index (χ0n) is 18.2. The van der Waals surface area contributed by atoms with Crippen LogP contribution in [0.15, 0.2) is 111 Å². The molecule has 6 heteroatoms. The summed E-state index contributed by atoms with van der Waals surface area (Å²) in [7, 11) is 0. The van der Waals surface area contributed by atoms with Crippen LogP contribution in [0.2, 0.25) is 5.02 Å². The molecule has 168 valence electrons. The quantitative estimate of drug-likeness (QED) is 0.270. The lowest BCUT2D eigenvalue weighted by atomic mass is 10.2. The molecule has 0 bridgehead atoms. The molecule has 5 rings (SSSR count). The fourth-order valence-electron chi connectivity index (χ4n) is 3.63. The highest BCUT2D eigenvalue weighted by atomic mass is 35.5. The molecule has 1 aliphatic heterocycles. The molecule has 0 saturated carbocycles. The first-order valence-electron chi connectivity index (χ1n) is 10.9. The van der Waals surface area contributed by atoms with Gasteiger partial charge in [0, 0.05) is 16.7 Å². The van der Waals surface area contributed by atoms with E-state index in [0.717, 1.165) is 16.7 Å². The number of benzene rings is 3. The number of thioether (sulfide) groups is 1. The van der Waals surface area contributed by atoms with Gasteiger partial charge in [0.1, 0.15) is 11.5 Å². The topological polar surface area (TPSA) is 45.8 Å². The summed E-state index contributed by atoms with van der Waals surface area (Å²) in [6.07, 6.45) is 1.78. The van der Waals surface area contributed by atoms with Gasteiger partial charge in [0.2, 0.25) is 0 Å². The zero-order valence-corrected chi connectivity index (χ0v) is 19.8. The normalized spacial score (nSPS) is 16.0. The summed E-state index contributed by atoms with van der Waals surface area (Å²) in [5.41, 5.74) is 3.03. The number of nitrogens with zero attached hydrogens (tertiary/aromatic N) is 2. The Morgan fingerprint density at radius 3 is 2.35 bits per heavy atom. The predicted octanol–water partition coefficient (Wildman–Crippen LogP) is 7.27. The van der Waals surface area contributed by atoms with Crippen LogP contribution in [0.5, 0.6) is 0 Å². The third-order valence-electron chi connectivity index (χ3n) is 5.32. The number of aliphatic imine (C=N–C) groups is 1. The van der Waals surface area contributed by atoms with E-state index in [0.29, 0.717) is 39.7 Å². The highest BCUT2D eigenvalue weighted by Crippen LogP contribution is 2.35. The number of amides is 1. The van der Waals surface area contributed by atoms with Crippen LogP contribution in [0.25, 0.3) is 17.4 Å². The van der Waals surface area contributed by atoms with Crippen LogP contribution in [0.1, 0.15) is 16.9 Å². The molecule has 0 N–H and O–H groups in total. The molecule has 0 spiro atoms. The van der Waals surface area contributed by atoms with Crippen molar-refractivity contribution in [1.29, 1.82) is 0 Å². The number of hydrogen-bond acceptors (Lipinski definition) is 4. The summed E-state index contributed by atoms with van der Waals surface area (Å²) in [6, 6.07) is 31.2. The van der Waals surface area contributed by atoms with Crippen LogP contribution in [0.3, 0.4) is 0 Å². The van der Waals surface area contributed by atoms with E-state index in [1.54, 1.807) is 11.0 Å². The van der Waals surface area contributed by atoms with E-state index in [9.17, 15) is 4.79 Å². The molecule has 4 nitrogen and oxygen atoms in total. The molecule has 34 heavy (non-hydrogen) atoms. The standard InChI is InChI=1S/C28H21ClN2O2S/c29-23-13-7-12-22(16-23)25-15-14-24(33-25)17-26-27(32)31(19-21-10-5-2-6-11-21)28(34-26)30-18-20-8-3-1-4-9-20/h1-17H,18-19H2/b26-17-,30-28?. The molecule has 4 aromatic rings. The first kappa shape index (κ1) is 22.3. The first-order chi connectivity index (χ1) is 16.7. The molecule has 0 unspecified atom stereocenters. The summed E-state index contributed by atoms with van der Waals surface area (Å²) in [5.74, 6) is 1.22.